The fourth-order valence-corrected chi connectivity index (χ4v) is 0.744. The molecular formula is C11H18O7. The number of cyclic esters (lactones) is 2. The van der Waals surface area contributed by atoms with Crippen LogP contribution >= 0.6 is 0 Å². The first-order valence-electron chi connectivity index (χ1n) is 5.47. The molecule has 0 aliphatic carbocycles. The first kappa shape index (κ1) is 18.4. The Morgan fingerprint density at radius 1 is 1.17 bits per heavy atom. The van der Waals surface area contributed by atoms with Gasteiger partial charge in [-0.1, -0.05) is 13.8 Å². The molecule has 0 radical (unpaired) electrons. The second-order valence-electron chi connectivity index (χ2n) is 2.82. The van der Waals surface area contributed by atoms with Gasteiger partial charge in [-0.3, -0.25) is 19.2 Å². The van der Waals surface area contributed by atoms with Gasteiger partial charge in [0.25, 0.3) is 0 Å². The summed E-state index contributed by atoms with van der Waals surface area (Å²) in [7, 11) is 1.23. The number of methoxy groups -OCH3 is 1. The molecule has 0 aromatic heterocycles. The highest BCUT2D eigenvalue weighted by Crippen LogP contribution is 2.03. The maximum atomic E-state index is 10.2. The molecule has 1 N–H and O–H groups in total. The average molecular weight is 262 g/mol. The lowest BCUT2D eigenvalue weighted by atomic mass is 10.3. The summed E-state index contributed by atoms with van der Waals surface area (Å²) in [5.74, 6) is -2.27. The Balaban J connectivity index is 0. The van der Waals surface area contributed by atoms with E-state index >= 15 is 0 Å². The largest absolute Gasteiger partial charge is 0.481 e. The highest BCUT2D eigenvalue weighted by molar-refractivity contribution is 5.92. The normalized spacial score (nSPS) is 12.4. The van der Waals surface area contributed by atoms with Gasteiger partial charge >= 0.3 is 23.9 Å². The van der Waals surface area contributed by atoms with Crippen molar-refractivity contribution in [2.24, 2.45) is 0 Å². The summed E-state index contributed by atoms with van der Waals surface area (Å²) in [5, 5.41) is 8.05. The molecule has 0 aromatic carbocycles. The lowest BCUT2D eigenvalue weighted by Crippen LogP contribution is -2.04. The molecule has 18 heavy (non-hydrogen) atoms. The Kier molecular flexibility index (Phi) is 11.8. The van der Waals surface area contributed by atoms with E-state index < -0.39 is 23.9 Å². The van der Waals surface area contributed by atoms with Gasteiger partial charge in [0.15, 0.2) is 0 Å². The number of ether oxygens (including phenoxy) is 2. The molecule has 1 aliphatic heterocycles. The quantitative estimate of drug-likeness (QED) is 0.594. The van der Waals surface area contributed by atoms with Crippen LogP contribution in [0.1, 0.15) is 39.5 Å². The Labute approximate surface area is 105 Å². The lowest BCUT2D eigenvalue weighted by Gasteiger charge is -1.92. The summed E-state index contributed by atoms with van der Waals surface area (Å²) in [6.45, 7) is 4.00. The molecule has 7 nitrogen and oxygen atoms in total. The van der Waals surface area contributed by atoms with Gasteiger partial charge in [0.2, 0.25) is 0 Å². The molecule has 104 valence electrons. The van der Waals surface area contributed by atoms with E-state index in [-0.39, 0.29) is 25.7 Å². The minimum absolute atomic E-state index is 0.0498. The van der Waals surface area contributed by atoms with Gasteiger partial charge in [0.05, 0.1) is 32.8 Å². The number of hydrogen-bond acceptors (Lipinski definition) is 6. The van der Waals surface area contributed by atoms with Gasteiger partial charge in [0.1, 0.15) is 0 Å². The van der Waals surface area contributed by atoms with Crippen LogP contribution in [0.2, 0.25) is 0 Å². The van der Waals surface area contributed by atoms with Crippen LogP contribution in [-0.4, -0.2) is 36.1 Å². The first-order chi connectivity index (χ1) is 8.45. The monoisotopic (exact) mass is 262 g/mol. The molecule has 0 saturated carbocycles. The van der Waals surface area contributed by atoms with Crippen molar-refractivity contribution >= 4 is 23.9 Å². The Bertz CT molecular complexity index is 282. The number of rotatable bonds is 3. The predicted molar refractivity (Wildman–Crippen MR) is 60.6 cm³/mol. The molecule has 7 heteroatoms. The summed E-state index contributed by atoms with van der Waals surface area (Å²) in [5.41, 5.74) is 0. The zero-order chi connectivity index (χ0) is 14.6. The van der Waals surface area contributed by atoms with Gasteiger partial charge in [-0.2, -0.15) is 0 Å². The van der Waals surface area contributed by atoms with Crippen molar-refractivity contribution < 1.29 is 33.8 Å². The Hall–Kier alpha value is -1.92. The number of carboxylic acid groups (broad SMARTS) is 1. The minimum atomic E-state index is -0.986. The van der Waals surface area contributed by atoms with Crippen molar-refractivity contribution in [1.82, 2.24) is 0 Å². The third kappa shape index (κ3) is 12.2. The fraction of sp³-hybridized carbons (Fsp3) is 0.636. The van der Waals surface area contributed by atoms with E-state index in [9.17, 15) is 19.2 Å². The summed E-state index contributed by atoms with van der Waals surface area (Å²) in [4.78, 5) is 40.1. The van der Waals surface area contributed by atoms with E-state index in [2.05, 4.69) is 9.47 Å². The number of carboxylic acids is 1. The van der Waals surface area contributed by atoms with Crippen molar-refractivity contribution in [3.05, 3.63) is 0 Å². The number of hydrogen-bond donors (Lipinski definition) is 1. The van der Waals surface area contributed by atoms with E-state index in [1.807, 2.05) is 13.8 Å². The van der Waals surface area contributed by atoms with Crippen LogP contribution < -0.4 is 0 Å². The summed E-state index contributed by atoms with van der Waals surface area (Å²) in [6, 6.07) is 0. The van der Waals surface area contributed by atoms with Crippen molar-refractivity contribution in [3.63, 3.8) is 0 Å². The zero-order valence-electron chi connectivity index (χ0n) is 10.7. The second-order valence-corrected chi connectivity index (χ2v) is 2.82. The van der Waals surface area contributed by atoms with Gasteiger partial charge < -0.3 is 14.6 Å². The summed E-state index contributed by atoms with van der Waals surface area (Å²) in [6.07, 6.45) is 0.316. The van der Waals surface area contributed by atoms with Crippen LogP contribution in [0.15, 0.2) is 0 Å². The standard InChI is InChI=1S/C5H8O4.C4H4O3.C2H6/c1-9-5(8)3-2-4(6)7;5-3-1-2-4(6)7-3;1-2/h2-3H2,1H3,(H,6,7);1-2H2;1-2H3. The molecule has 1 saturated heterocycles. The molecule has 0 amide bonds. The van der Waals surface area contributed by atoms with E-state index in [1.165, 1.54) is 7.11 Å². The molecule has 0 bridgehead atoms. The third-order valence-electron chi connectivity index (χ3n) is 1.53. The maximum absolute atomic E-state index is 10.2. The van der Waals surface area contributed by atoms with Crippen LogP contribution in [0.25, 0.3) is 0 Å². The maximum Gasteiger partial charge on any atom is 0.314 e. The first-order valence-corrected chi connectivity index (χ1v) is 5.47. The molecule has 0 atom stereocenters. The van der Waals surface area contributed by atoms with Gasteiger partial charge in [-0.05, 0) is 0 Å². The predicted octanol–water partition coefficient (Wildman–Crippen LogP) is 0.900. The summed E-state index contributed by atoms with van der Waals surface area (Å²) < 4.78 is 8.28. The van der Waals surface area contributed by atoms with Crippen LogP contribution in [0.4, 0.5) is 0 Å². The van der Waals surface area contributed by atoms with Crippen molar-refractivity contribution in [2.45, 2.75) is 39.5 Å². The highest BCUT2D eigenvalue weighted by Gasteiger charge is 2.19. The van der Waals surface area contributed by atoms with E-state index in [0.717, 1.165) is 0 Å². The van der Waals surface area contributed by atoms with Crippen LogP contribution in [-0.2, 0) is 28.7 Å². The molecular weight excluding hydrogens is 244 g/mol. The van der Waals surface area contributed by atoms with Gasteiger partial charge in [-0.25, -0.2) is 0 Å². The van der Waals surface area contributed by atoms with E-state index in [0.29, 0.717) is 0 Å². The number of carbonyl (C=O) groups excluding carboxylic acids is 3. The van der Waals surface area contributed by atoms with E-state index in [4.69, 9.17) is 5.11 Å². The lowest BCUT2D eigenvalue weighted by molar-refractivity contribution is -0.152. The van der Waals surface area contributed by atoms with Gasteiger partial charge in [0, 0.05) is 0 Å². The molecule has 0 spiro atoms. The molecule has 1 heterocycles. The van der Waals surface area contributed by atoms with Crippen LogP contribution in [0.5, 0.6) is 0 Å². The highest BCUT2D eigenvalue weighted by atomic mass is 16.6. The number of esters is 3. The van der Waals surface area contributed by atoms with Crippen LogP contribution in [0.3, 0.4) is 0 Å². The molecule has 1 aliphatic rings. The van der Waals surface area contributed by atoms with Gasteiger partial charge in [-0.15, -0.1) is 0 Å². The summed E-state index contributed by atoms with van der Waals surface area (Å²) >= 11 is 0. The molecule has 1 fully saturated rings. The van der Waals surface area contributed by atoms with E-state index in [1.54, 1.807) is 0 Å². The molecule has 0 aromatic rings. The van der Waals surface area contributed by atoms with Crippen LogP contribution in [0, 0.1) is 0 Å². The number of carbonyl (C=O) groups is 4. The van der Waals surface area contributed by atoms with Crippen molar-refractivity contribution in [3.8, 4) is 0 Å². The van der Waals surface area contributed by atoms with Crippen molar-refractivity contribution in [2.75, 3.05) is 7.11 Å². The molecule has 1 rings (SSSR count). The second kappa shape index (κ2) is 11.6. The zero-order valence-corrected chi connectivity index (χ0v) is 10.7. The Morgan fingerprint density at radius 2 is 1.61 bits per heavy atom. The Morgan fingerprint density at radius 3 is 1.83 bits per heavy atom. The van der Waals surface area contributed by atoms with Crippen molar-refractivity contribution in [1.29, 1.82) is 0 Å². The number of aliphatic carboxylic acids is 1. The third-order valence-corrected chi connectivity index (χ3v) is 1.53. The smallest absolute Gasteiger partial charge is 0.314 e. The molecule has 0 unspecified atom stereocenters. The minimum Gasteiger partial charge on any atom is -0.481 e. The fourth-order valence-electron chi connectivity index (χ4n) is 0.744. The SMILES string of the molecule is CC.COC(=O)CCC(=O)O.O=C1CCC(=O)O1. The topological polar surface area (TPSA) is 107 Å². The average Bonchev–Trinajstić information content (AvgIpc) is 2.73.